The minimum atomic E-state index is -1.41. The maximum atomic E-state index is 6.94. The van der Waals surface area contributed by atoms with Crippen molar-refractivity contribution in [2.45, 2.75) is 75.7 Å². The van der Waals surface area contributed by atoms with Crippen LogP contribution in [-0.4, -0.2) is 88.8 Å². The van der Waals surface area contributed by atoms with Crippen molar-refractivity contribution in [3.8, 4) is 23.0 Å². The standard InChI is InChI=1S/C41H62N5O4P3/c1-11-42(12-2)51(43(13-3)14-4)47-34-25-21-32-23-27-40-38(36(32)29-34)31-39-37-30-35(48-52(44(15-5)16-6)45(17-7)18-8)26-22-33(37)24-28-41(39)50-53(49-40)46(19-9)20-10/h21-30H,11-20,31H2,1-10H3. The van der Waals surface area contributed by atoms with Crippen LogP contribution in [0.2, 0.25) is 0 Å². The van der Waals surface area contributed by atoms with E-state index in [1.807, 2.05) is 0 Å². The Balaban J connectivity index is 1.67. The van der Waals surface area contributed by atoms with Crippen molar-refractivity contribution in [3.05, 3.63) is 71.8 Å². The molecule has 0 saturated heterocycles. The van der Waals surface area contributed by atoms with Gasteiger partial charge >= 0.3 is 8.53 Å². The average molecular weight is 782 g/mol. The van der Waals surface area contributed by atoms with Gasteiger partial charge < -0.3 is 18.1 Å². The van der Waals surface area contributed by atoms with Crippen LogP contribution in [0.4, 0.5) is 0 Å². The van der Waals surface area contributed by atoms with E-state index in [-0.39, 0.29) is 0 Å². The normalized spacial score (nSPS) is 13.7. The first-order valence-electron chi connectivity index (χ1n) is 19.8. The zero-order valence-electron chi connectivity index (χ0n) is 33.8. The van der Waals surface area contributed by atoms with Crippen LogP contribution in [0, 0.1) is 0 Å². The average Bonchev–Trinajstić information content (AvgIpc) is 3.17. The SMILES string of the molecule is CCN(CC)P1Oc2ccc3ccc(OP(N(CC)CC)N(CC)CC)cc3c2Cc2c(ccc3ccc(OP(N(CC)CC)N(CC)CC)cc23)O1. The summed E-state index contributed by atoms with van der Waals surface area (Å²) >= 11 is 0. The topological polar surface area (TPSA) is 53.1 Å². The Labute approximate surface area is 323 Å². The molecule has 0 bridgehead atoms. The molecule has 1 heterocycles. The molecule has 12 heteroatoms. The van der Waals surface area contributed by atoms with Gasteiger partial charge in [-0.1, -0.05) is 93.5 Å². The van der Waals surface area contributed by atoms with Crippen LogP contribution in [0.15, 0.2) is 60.7 Å². The van der Waals surface area contributed by atoms with Crippen LogP contribution in [0.1, 0.15) is 80.4 Å². The van der Waals surface area contributed by atoms with E-state index < -0.39 is 25.4 Å². The van der Waals surface area contributed by atoms with E-state index in [1.54, 1.807) is 0 Å². The summed E-state index contributed by atoms with van der Waals surface area (Å²) in [5.41, 5.74) is 2.30. The molecule has 1 aliphatic heterocycles. The lowest BCUT2D eigenvalue weighted by Crippen LogP contribution is -2.31. The first kappa shape index (κ1) is 41.8. The summed E-state index contributed by atoms with van der Waals surface area (Å²) in [6.07, 6.45) is 0.648. The minimum absolute atomic E-state index is 0.648. The highest BCUT2D eigenvalue weighted by atomic mass is 31.2. The molecule has 290 valence electrons. The molecular weight excluding hydrogens is 719 g/mol. The Morgan fingerprint density at radius 3 is 1.15 bits per heavy atom. The fourth-order valence-electron chi connectivity index (χ4n) is 6.90. The van der Waals surface area contributed by atoms with Gasteiger partial charge in [-0.25, -0.2) is 23.4 Å². The van der Waals surface area contributed by atoms with E-state index in [9.17, 15) is 0 Å². The van der Waals surface area contributed by atoms with E-state index >= 15 is 0 Å². The van der Waals surface area contributed by atoms with Crippen LogP contribution in [0.3, 0.4) is 0 Å². The Morgan fingerprint density at radius 2 is 0.830 bits per heavy atom. The summed E-state index contributed by atoms with van der Waals surface area (Å²) in [5, 5.41) is 4.62. The molecule has 0 amide bonds. The predicted octanol–water partition coefficient (Wildman–Crippen LogP) is 11.5. The molecule has 0 fully saturated rings. The molecule has 0 N–H and O–H groups in total. The van der Waals surface area contributed by atoms with Crippen molar-refractivity contribution in [1.82, 2.24) is 23.4 Å². The number of nitrogens with zero attached hydrogens (tertiary/aromatic N) is 5. The number of benzene rings is 4. The lowest BCUT2D eigenvalue weighted by Gasteiger charge is -2.36. The Bertz CT molecular complexity index is 1620. The first-order chi connectivity index (χ1) is 25.8. The lowest BCUT2D eigenvalue weighted by molar-refractivity contribution is 0.360. The maximum Gasteiger partial charge on any atom is 0.384 e. The molecule has 0 unspecified atom stereocenters. The van der Waals surface area contributed by atoms with Crippen LogP contribution >= 0.6 is 25.4 Å². The number of rotatable bonds is 19. The highest BCUT2D eigenvalue weighted by Crippen LogP contribution is 2.52. The fourth-order valence-corrected chi connectivity index (χ4v) is 12.0. The largest absolute Gasteiger partial charge is 0.444 e. The van der Waals surface area contributed by atoms with E-state index in [2.05, 4.69) is 153 Å². The van der Waals surface area contributed by atoms with Gasteiger partial charge in [-0.3, -0.25) is 0 Å². The molecule has 9 nitrogen and oxygen atoms in total. The fraction of sp³-hybridized carbons (Fsp3) is 0.512. The van der Waals surface area contributed by atoms with Gasteiger partial charge in [-0.2, -0.15) is 0 Å². The number of fused-ring (bicyclic) bond motifs is 6. The maximum absolute atomic E-state index is 6.94. The lowest BCUT2D eigenvalue weighted by atomic mass is 9.93. The van der Waals surface area contributed by atoms with Gasteiger partial charge in [-0.15, -0.1) is 0 Å². The predicted molar refractivity (Wildman–Crippen MR) is 229 cm³/mol. The van der Waals surface area contributed by atoms with E-state index in [0.29, 0.717) is 6.42 Å². The van der Waals surface area contributed by atoms with Crippen molar-refractivity contribution >= 4 is 47.0 Å². The van der Waals surface area contributed by atoms with Gasteiger partial charge in [-0.05, 0) is 57.9 Å². The summed E-state index contributed by atoms with van der Waals surface area (Å²) in [6, 6.07) is 21.7. The highest BCUT2D eigenvalue weighted by molar-refractivity contribution is 7.48. The molecule has 4 aromatic rings. The molecule has 0 aliphatic carbocycles. The van der Waals surface area contributed by atoms with Crippen molar-refractivity contribution in [1.29, 1.82) is 0 Å². The van der Waals surface area contributed by atoms with Crippen LogP contribution < -0.4 is 18.1 Å². The second-order valence-electron chi connectivity index (χ2n) is 12.8. The van der Waals surface area contributed by atoms with Gasteiger partial charge in [0.2, 0.25) is 16.9 Å². The molecule has 5 rings (SSSR count). The van der Waals surface area contributed by atoms with Crippen molar-refractivity contribution in [3.63, 3.8) is 0 Å². The Morgan fingerprint density at radius 1 is 0.491 bits per heavy atom. The third-order valence-electron chi connectivity index (χ3n) is 10.1. The van der Waals surface area contributed by atoms with Crippen LogP contribution in [0.5, 0.6) is 23.0 Å². The van der Waals surface area contributed by atoms with Gasteiger partial charge in [0.25, 0.3) is 0 Å². The van der Waals surface area contributed by atoms with E-state index in [0.717, 1.165) is 110 Å². The van der Waals surface area contributed by atoms with E-state index in [4.69, 9.17) is 18.1 Å². The molecule has 0 saturated carbocycles. The second-order valence-corrected chi connectivity index (χ2v) is 17.9. The molecule has 0 aromatic heterocycles. The van der Waals surface area contributed by atoms with Gasteiger partial charge in [0.1, 0.15) is 23.0 Å². The molecular formula is C41H62N5O4P3. The summed E-state index contributed by atoms with van der Waals surface area (Å²) in [7, 11) is -3.33. The third kappa shape index (κ3) is 9.39. The van der Waals surface area contributed by atoms with Gasteiger partial charge in [0, 0.05) is 83.0 Å². The second kappa shape index (κ2) is 20.0. The summed E-state index contributed by atoms with van der Waals surface area (Å²) in [6.45, 7) is 31.2. The third-order valence-corrected chi connectivity index (χ3v) is 16.7. The summed E-state index contributed by atoms with van der Waals surface area (Å²) in [4.78, 5) is 0. The van der Waals surface area contributed by atoms with Gasteiger partial charge in [0.15, 0.2) is 0 Å². The number of hydrogen-bond donors (Lipinski definition) is 0. The molecule has 0 radical (unpaired) electrons. The van der Waals surface area contributed by atoms with Crippen molar-refractivity contribution in [2.24, 2.45) is 0 Å². The minimum Gasteiger partial charge on any atom is -0.444 e. The molecule has 0 atom stereocenters. The highest BCUT2D eigenvalue weighted by Gasteiger charge is 2.31. The molecule has 0 spiro atoms. The molecule has 4 aromatic carbocycles. The van der Waals surface area contributed by atoms with Crippen LogP contribution in [-0.2, 0) is 6.42 Å². The van der Waals surface area contributed by atoms with Crippen molar-refractivity contribution < 1.29 is 18.1 Å². The van der Waals surface area contributed by atoms with E-state index in [1.165, 1.54) is 10.8 Å². The Kier molecular flexibility index (Phi) is 15.8. The summed E-state index contributed by atoms with van der Waals surface area (Å²) < 4.78 is 39.7. The van der Waals surface area contributed by atoms with Gasteiger partial charge in [0.05, 0.1) is 0 Å². The zero-order valence-corrected chi connectivity index (χ0v) is 36.4. The summed E-state index contributed by atoms with van der Waals surface area (Å²) in [5.74, 6) is 3.50. The molecule has 1 aliphatic rings. The van der Waals surface area contributed by atoms with Crippen LogP contribution in [0.25, 0.3) is 21.5 Å². The quantitative estimate of drug-likeness (QED) is 0.0866. The smallest absolute Gasteiger partial charge is 0.384 e. The molecule has 53 heavy (non-hydrogen) atoms. The number of hydrogen-bond acceptors (Lipinski definition) is 9. The zero-order chi connectivity index (χ0) is 38.1. The monoisotopic (exact) mass is 781 g/mol. The first-order valence-corrected chi connectivity index (χ1v) is 23.2. The Hall–Kier alpha value is -2.31. The van der Waals surface area contributed by atoms with Crippen molar-refractivity contribution in [2.75, 3.05) is 65.4 Å².